The summed E-state index contributed by atoms with van der Waals surface area (Å²) in [5.41, 5.74) is 1.50. The zero-order chi connectivity index (χ0) is 16.2. The number of nitrogens with zero attached hydrogens (tertiary/aromatic N) is 2. The lowest BCUT2D eigenvalue weighted by atomic mass is 10.0. The van der Waals surface area contributed by atoms with Crippen LogP contribution in [0.3, 0.4) is 0 Å². The molecule has 0 amide bonds. The Bertz CT molecular complexity index is 1000. The van der Waals surface area contributed by atoms with Crippen molar-refractivity contribution in [2.45, 2.75) is 13.0 Å². The van der Waals surface area contributed by atoms with E-state index in [-0.39, 0.29) is 11.1 Å². The second-order valence-corrected chi connectivity index (χ2v) is 4.92. The molecule has 0 unspecified atom stereocenters. The fraction of sp³-hybridized carbons (Fsp3) is 0.167. The van der Waals surface area contributed by atoms with Gasteiger partial charge in [0, 0.05) is 17.4 Å². The third-order valence-corrected chi connectivity index (χ3v) is 3.38. The maximum absolute atomic E-state index is 12.0. The Hall–Kier alpha value is -3.33. The van der Waals surface area contributed by atoms with Gasteiger partial charge < -0.3 is 9.15 Å². The third-order valence-electron chi connectivity index (χ3n) is 3.38. The normalized spacial score (nSPS) is 12.6. The Morgan fingerprint density at radius 1 is 1.26 bits per heavy atom. The highest BCUT2D eigenvalue weighted by Crippen LogP contribution is 2.22. The van der Waals surface area contributed by atoms with Gasteiger partial charge in [0.05, 0.1) is 18.8 Å². The number of allylic oxidation sites excluding steroid dienone is 1. The van der Waals surface area contributed by atoms with E-state index in [9.17, 15) is 4.79 Å². The maximum atomic E-state index is 12.0. The highest BCUT2D eigenvalue weighted by Gasteiger charge is 2.10. The Morgan fingerprint density at radius 2 is 2.09 bits per heavy atom. The molecule has 0 saturated heterocycles. The van der Waals surface area contributed by atoms with Gasteiger partial charge in [0.2, 0.25) is 0 Å². The van der Waals surface area contributed by atoms with Crippen LogP contribution in [0.2, 0.25) is 0 Å². The van der Waals surface area contributed by atoms with E-state index < -0.39 is 5.63 Å². The molecule has 110 valence electrons. The monoisotopic (exact) mass is 302 g/mol. The molecule has 0 radical (unpaired) electrons. The van der Waals surface area contributed by atoms with Crippen LogP contribution >= 0.6 is 0 Å². The van der Waals surface area contributed by atoms with Crippen LogP contribution in [0.15, 0.2) is 33.0 Å². The van der Waals surface area contributed by atoms with Crippen molar-refractivity contribution in [3.8, 4) is 24.0 Å². The lowest BCUT2D eigenvalue weighted by Gasteiger charge is -2.09. The van der Waals surface area contributed by atoms with Gasteiger partial charge in [-0.2, -0.15) is 10.5 Å². The van der Waals surface area contributed by atoms with Crippen molar-refractivity contribution < 1.29 is 9.15 Å². The lowest BCUT2D eigenvalue weighted by molar-refractivity contribution is 0.126. The van der Waals surface area contributed by atoms with E-state index >= 15 is 0 Å². The van der Waals surface area contributed by atoms with E-state index in [1.54, 1.807) is 24.3 Å². The molecule has 23 heavy (non-hydrogen) atoms. The van der Waals surface area contributed by atoms with Crippen LogP contribution in [0.25, 0.3) is 17.0 Å². The number of hydrogen-bond acceptors (Lipinski definition) is 5. The fourth-order valence-electron chi connectivity index (χ4n) is 2.27. The van der Waals surface area contributed by atoms with Crippen LogP contribution < -0.4 is 5.63 Å². The predicted octanol–water partition coefficient (Wildman–Crippen LogP) is 2.50. The summed E-state index contributed by atoms with van der Waals surface area (Å²) >= 11 is 0. The number of ether oxygens (including phenoxy) is 1. The molecule has 0 bridgehead atoms. The molecule has 1 aliphatic heterocycles. The zero-order valence-electron chi connectivity index (χ0n) is 12.0. The first-order valence-corrected chi connectivity index (χ1v) is 6.90. The van der Waals surface area contributed by atoms with Crippen LogP contribution in [-0.4, -0.2) is 6.61 Å². The average molecular weight is 302 g/mol. The standard InChI is InChI=1S/C18H10N2O3/c19-9-12(10-20)5-15-6-14-7-16-11-22-4-2-1-3-13(16)8-17(14)23-18(15)21/h5-8H,2,4,11H2. The number of fused-ring (bicyclic) bond motifs is 2. The van der Waals surface area contributed by atoms with Gasteiger partial charge in [0.25, 0.3) is 0 Å². The second-order valence-electron chi connectivity index (χ2n) is 4.92. The maximum Gasteiger partial charge on any atom is 0.343 e. The summed E-state index contributed by atoms with van der Waals surface area (Å²) in [6, 6.07) is 8.61. The minimum atomic E-state index is -0.601. The zero-order valence-corrected chi connectivity index (χ0v) is 12.0. The minimum Gasteiger partial charge on any atom is -0.422 e. The predicted molar refractivity (Wildman–Crippen MR) is 82.8 cm³/mol. The first-order chi connectivity index (χ1) is 11.2. The molecule has 0 spiro atoms. The van der Waals surface area contributed by atoms with E-state index in [1.165, 1.54) is 6.08 Å². The highest BCUT2D eigenvalue weighted by atomic mass is 16.5. The molecule has 0 atom stereocenters. The van der Waals surface area contributed by atoms with Crippen molar-refractivity contribution in [3.05, 3.63) is 50.9 Å². The summed E-state index contributed by atoms with van der Waals surface area (Å²) in [7, 11) is 0. The summed E-state index contributed by atoms with van der Waals surface area (Å²) in [6.07, 6.45) is 1.88. The summed E-state index contributed by atoms with van der Waals surface area (Å²) in [4.78, 5) is 12.0. The summed E-state index contributed by atoms with van der Waals surface area (Å²) in [6.45, 7) is 1.02. The van der Waals surface area contributed by atoms with E-state index in [0.29, 0.717) is 30.6 Å². The van der Waals surface area contributed by atoms with Crippen molar-refractivity contribution in [2.24, 2.45) is 0 Å². The number of benzene rings is 1. The molecule has 0 aliphatic carbocycles. The summed E-state index contributed by atoms with van der Waals surface area (Å²) < 4.78 is 10.8. The molecule has 1 aromatic carbocycles. The molecule has 1 aliphatic rings. The van der Waals surface area contributed by atoms with Gasteiger partial charge in [-0.3, -0.25) is 0 Å². The molecular weight excluding hydrogens is 292 g/mol. The van der Waals surface area contributed by atoms with Crippen molar-refractivity contribution in [2.75, 3.05) is 6.61 Å². The fourth-order valence-corrected chi connectivity index (χ4v) is 2.27. The van der Waals surface area contributed by atoms with Crippen LogP contribution in [0.4, 0.5) is 0 Å². The van der Waals surface area contributed by atoms with Crippen molar-refractivity contribution >= 4 is 17.0 Å². The molecule has 0 saturated carbocycles. The first-order valence-electron chi connectivity index (χ1n) is 6.90. The third kappa shape index (κ3) is 2.99. The van der Waals surface area contributed by atoms with E-state index in [4.69, 9.17) is 19.7 Å². The number of hydrogen-bond donors (Lipinski definition) is 0. The molecule has 5 nitrogen and oxygen atoms in total. The highest BCUT2D eigenvalue weighted by molar-refractivity contribution is 5.82. The van der Waals surface area contributed by atoms with Crippen molar-refractivity contribution in [1.82, 2.24) is 0 Å². The minimum absolute atomic E-state index is 0.155. The Labute approximate surface area is 132 Å². The largest absolute Gasteiger partial charge is 0.422 e. The molecule has 1 aromatic heterocycles. The van der Waals surface area contributed by atoms with Gasteiger partial charge in [0.1, 0.15) is 23.3 Å². The molecular formula is C18H10N2O3. The Morgan fingerprint density at radius 3 is 2.87 bits per heavy atom. The topological polar surface area (TPSA) is 87.0 Å². The van der Waals surface area contributed by atoms with Crippen molar-refractivity contribution in [3.63, 3.8) is 0 Å². The van der Waals surface area contributed by atoms with Gasteiger partial charge in [-0.25, -0.2) is 4.79 Å². The summed E-state index contributed by atoms with van der Waals surface area (Å²) in [5, 5.41) is 18.3. The molecule has 2 heterocycles. The van der Waals surface area contributed by atoms with Crippen LogP contribution in [-0.2, 0) is 11.3 Å². The van der Waals surface area contributed by atoms with Crippen LogP contribution in [0.5, 0.6) is 0 Å². The Kier molecular flexibility index (Phi) is 3.93. The van der Waals surface area contributed by atoms with Gasteiger partial charge >= 0.3 is 5.63 Å². The second kappa shape index (κ2) is 6.20. The SMILES string of the molecule is N#CC(C#N)=Cc1cc2cc3c(cc2oc1=O)C#CCCOC3. The summed E-state index contributed by atoms with van der Waals surface area (Å²) in [5.74, 6) is 6.05. The quantitative estimate of drug-likeness (QED) is 0.459. The molecule has 0 fully saturated rings. The molecule has 3 rings (SSSR count). The lowest BCUT2D eigenvalue weighted by Crippen LogP contribution is -2.05. The number of nitriles is 2. The smallest absolute Gasteiger partial charge is 0.343 e. The van der Waals surface area contributed by atoms with E-state index in [2.05, 4.69) is 11.8 Å². The Balaban J connectivity index is 2.20. The van der Waals surface area contributed by atoms with Gasteiger partial charge in [-0.05, 0) is 29.8 Å². The molecule has 2 aromatic rings. The van der Waals surface area contributed by atoms with Gasteiger partial charge in [0.15, 0.2) is 0 Å². The van der Waals surface area contributed by atoms with E-state index in [0.717, 1.165) is 11.1 Å². The van der Waals surface area contributed by atoms with Gasteiger partial charge in [-0.1, -0.05) is 11.8 Å². The van der Waals surface area contributed by atoms with Crippen molar-refractivity contribution in [1.29, 1.82) is 10.5 Å². The number of rotatable bonds is 1. The van der Waals surface area contributed by atoms with E-state index in [1.807, 2.05) is 6.07 Å². The van der Waals surface area contributed by atoms with Gasteiger partial charge in [-0.15, -0.1) is 0 Å². The van der Waals surface area contributed by atoms with Crippen LogP contribution in [0, 0.1) is 34.5 Å². The average Bonchev–Trinajstić information content (AvgIpc) is 2.53. The van der Waals surface area contributed by atoms with Crippen LogP contribution in [0.1, 0.15) is 23.1 Å². The molecule has 0 N–H and O–H groups in total. The molecule has 5 heteroatoms. The first kappa shape index (κ1) is 14.6.